The van der Waals surface area contributed by atoms with Crippen LogP contribution in [0.3, 0.4) is 0 Å². The number of nitrogens with zero attached hydrogens (tertiary/aromatic N) is 1. The van der Waals surface area contributed by atoms with Gasteiger partial charge in [-0.05, 0) is 24.3 Å². The fraction of sp³-hybridized carbons (Fsp3) is 0. The van der Waals surface area contributed by atoms with Crippen LogP contribution in [0.1, 0.15) is 0 Å². The summed E-state index contributed by atoms with van der Waals surface area (Å²) in [6.45, 7) is 0. The van der Waals surface area contributed by atoms with Gasteiger partial charge in [-0.25, -0.2) is 13.4 Å². The molecular weight excluding hydrogens is 300 g/mol. The van der Waals surface area contributed by atoms with Crippen molar-refractivity contribution in [3.05, 3.63) is 53.9 Å². The molecule has 0 aliphatic rings. The van der Waals surface area contributed by atoms with Crippen molar-refractivity contribution in [1.82, 2.24) is 4.98 Å². The number of anilines is 1. The molecule has 7 heteroatoms. The molecule has 0 saturated heterocycles. The van der Waals surface area contributed by atoms with Crippen molar-refractivity contribution in [1.29, 1.82) is 0 Å². The Labute approximate surface area is 120 Å². The number of rotatable bonds is 3. The third-order valence-corrected chi connectivity index (χ3v) is 4.42. The summed E-state index contributed by atoms with van der Waals surface area (Å²) in [6.07, 6.45) is 1.27. The van der Waals surface area contributed by atoms with Crippen LogP contribution in [0.25, 0.3) is 11.1 Å². The van der Waals surface area contributed by atoms with E-state index < -0.39 is 10.0 Å². The van der Waals surface area contributed by atoms with Crippen LogP contribution in [0.4, 0.5) is 5.69 Å². The fourth-order valence-electron chi connectivity index (χ4n) is 1.75. The molecule has 0 aliphatic heterocycles. The zero-order valence-electron chi connectivity index (χ0n) is 10.1. The number of halogens is 1. The van der Waals surface area contributed by atoms with Crippen molar-refractivity contribution in [2.24, 2.45) is 0 Å². The lowest BCUT2D eigenvalue weighted by molar-refractivity contribution is 0.594. The highest BCUT2D eigenvalue weighted by molar-refractivity contribution is 7.92. The minimum absolute atomic E-state index is 0.0849. The summed E-state index contributed by atoms with van der Waals surface area (Å²) in [5.41, 5.74) is 1.33. The van der Waals surface area contributed by atoms with E-state index in [-0.39, 0.29) is 4.90 Å². The lowest BCUT2D eigenvalue weighted by Gasteiger charge is -2.09. The number of hydrogen-bond acceptors (Lipinski definition) is 4. The Morgan fingerprint density at radius 2 is 1.95 bits per heavy atom. The molecule has 20 heavy (non-hydrogen) atoms. The van der Waals surface area contributed by atoms with E-state index >= 15 is 0 Å². The smallest absolute Gasteiger partial charge is 0.262 e. The second-order valence-corrected chi connectivity index (χ2v) is 6.16. The molecule has 1 N–H and O–H groups in total. The number of benzene rings is 2. The average molecular weight is 309 g/mol. The maximum atomic E-state index is 12.3. The summed E-state index contributed by atoms with van der Waals surface area (Å²) in [5.74, 6) is 0. The van der Waals surface area contributed by atoms with Gasteiger partial charge < -0.3 is 4.42 Å². The molecule has 0 atom stereocenters. The molecule has 0 saturated carbocycles. The molecular formula is C13H9ClN2O3S. The second-order valence-electron chi connectivity index (χ2n) is 4.07. The molecule has 0 amide bonds. The van der Waals surface area contributed by atoms with Gasteiger partial charge in [0, 0.05) is 6.07 Å². The van der Waals surface area contributed by atoms with Gasteiger partial charge in [0.05, 0.1) is 15.6 Å². The molecule has 3 rings (SSSR count). The molecule has 3 aromatic rings. The number of aromatic nitrogens is 1. The summed E-state index contributed by atoms with van der Waals surface area (Å²) in [4.78, 5) is 4.02. The van der Waals surface area contributed by atoms with Gasteiger partial charge in [-0.1, -0.05) is 23.7 Å². The van der Waals surface area contributed by atoms with Crippen LogP contribution in [0.15, 0.2) is 58.2 Å². The highest BCUT2D eigenvalue weighted by atomic mass is 35.5. The lowest BCUT2D eigenvalue weighted by atomic mass is 10.3. The monoisotopic (exact) mass is 308 g/mol. The molecule has 0 bridgehead atoms. The predicted molar refractivity (Wildman–Crippen MR) is 76.3 cm³/mol. The van der Waals surface area contributed by atoms with E-state index in [1.54, 1.807) is 30.3 Å². The van der Waals surface area contributed by atoms with Gasteiger partial charge in [0.2, 0.25) is 0 Å². The Morgan fingerprint density at radius 3 is 2.75 bits per heavy atom. The number of sulfonamides is 1. The van der Waals surface area contributed by atoms with E-state index in [0.29, 0.717) is 21.8 Å². The minimum Gasteiger partial charge on any atom is -0.443 e. The maximum absolute atomic E-state index is 12.3. The van der Waals surface area contributed by atoms with E-state index in [1.807, 2.05) is 0 Å². The van der Waals surface area contributed by atoms with Crippen molar-refractivity contribution in [2.45, 2.75) is 4.90 Å². The third kappa shape index (κ3) is 2.35. The predicted octanol–water partition coefficient (Wildman–Crippen LogP) is 3.28. The highest BCUT2D eigenvalue weighted by Crippen LogP contribution is 2.25. The summed E-state index contributed by atoms with van der Waals surface area (Å²) < 4.78 is 32.1. The number of fused-ring (bicyclic) bond motifs is 1. The van der Waals surface area contributed by atoms with Crippen molar-refractivity contribution < 1.29 is 12.8 Å². The van der Waals surface area contributed by atoms with Gasteiger partial charge in [0.25, 0.3) is 10.0 Å². The first-order valence-corrected chi connectivity index (χ1v) is 7.53. The summed E-state index contributed by atoms with van der Waals surface area (Å²) in [5, 5.41) is 0.330. The first-order valence-electron chi connectivity index (χ1n) is 5.67. The molecule has 102 valence electrons. The summed E-state index contributed by atoms with van der Waals surface area (Å²) in [7, 11) is -3.73. The van der Waals surface area contributed by atoms with E-state index in [0.717, 1.165) is 0 Å². The van der Waals surface area contributed by atoms with Crippen molar-refractivity contribution in [3.8, 4) is 0 Å². The SMILES string of the molecule is O=S(=O)(Nc1ccccc1Cl)c1ccc2ncoc2c1. The first-order chi connectivity index (χ1) is 9.56. The zero-order valence-corrected chi connectivity index (χ0v) is 11.6. The quantitative estimate of drug-likeness (QED) is 0.806. The number of oxazole rings is 1. The van der Waals surface area contributed by atoms with Crippen LogP contribution in [-0.4, -0.2) is 13.4 Å². The number of para-hydroxylation sites is 1. The molecule has 2 aromatic carbocycles. The Hall–Kier alpha value is -2.05. The number of nitrogens with one attached hydrogen (secondary N) is 1. The van der Waals surface area contributed by atoms with Crippen molar-refractivity contribution in [3.63, 3.8) is 0 Å². The molecule has 0 unspecified atom stereocenters. The van der Waals surface area contributed by atoms with Gasteiger partial charge >= 0.3 is 0 Å². The standard InChI is InChI=1S/C13H9ClN2O3S/c14-10-3-1-2-4-11(10)16-20(17,18)9-5-6-12-13(7-9)19-8-15-12/h1-8,16H. The van der Waals surface area contributed by atoms with Crippen LogP contribution >= 0.6 is 11.6 Å². The Morgan fingerprint density at radius 1 is 1.15 bits per heavy atom. The van der Waals surface area contributed by atoms with Gasteiger partial charge in [-0.2, -0.15) is 0 Å². The summed E-state index contributed by atoms with van der Waals surface area (Å²) >= 11 is 5.94. The molecule has 5 nitrogen and oxygen atoms in total. The van der Waals surface area contributed by atoms with Gasteiger partial charge in [-0.3, -0.25) is 4.72 Å². The first kappa shape index (κ1) is 13.0. The van der Waals surface area contributed by atoms with E-state index in [2.05, 4.69) is 9.71 Å². The third-order valence-electron chi connectivity index (χ3n) is 2.73. The topological polar surface area (TPSA) is 72.2 Å². The van der Waals surface area contributed by atoms with Crippen LogP contribution in [-0.2, 0) is 10.0 Å². The summed E-state index contributed by atoms with van der Waals surface area (Å²) in [6, 6.07) is 11.1. The molecule has 0 fully saturated rings. The molecule has 1 aromatic heterocycles. The normalized spacial score (nSPS) is 11.7. The fourth-order valence-corrected chi connectivity index (χ4v) is 3.08. The van der Waals surface area contributed by atoms with Gasteiger partial charge in [0.1, 0.15) is 5.52 Å². The lowest BCUT2D eigenvalue weighted by Crippen LogP contribution is -2.13. The van der Waals surface area contributed by atoms with E-state index in [9.17, 15) is 8.42 Å². The molecule has 0 aliphatic carbocycles. The Balaban J connectivity index is 2.01. The average Bonchev–Trinajstić information content (AvgIpc) is 2.88. The Bertz CT molecular complexity index is 874. The van der Waals surface area contributed by atoms with Crippen LogP contribution < -0.4 is 4.72 Å². The van der Waals surface area contributed by atoms with Crippen molar-refractivity contribution in [2.75, 3.05) is 4.72 Å². The molecule has 1 heterocycles. The largest absolute Gasteiger partial charge is 0.443 e. The van der Waals surface area contributed by atoms with Crippen LogP contribution in [0.2, 0.25) is 5.02 Å². The second kappa shape index (κ2) is 4.81. The zero-order chi connectivity index (χ0) is 14.2. The van der Waals surface area contributed by atoms with Crippen LogP contribution in [0, 0.1) is 0 Å². The van der Waals surface area contributed by atoms with E-state index in [1.165, 1.54) is 18.5 Å². The Kier molecular flexibility index (Phi) is 3.11. The highest BCUT2D eigenvalue weighted by Gasteiger charge is 2.16. The van der Waals surface area contributed by atoms with Crippen LogP contribution in [0.5, 0.6) is 0 Å². The number of hydrogen-bond donors (Lipinski definition) is 1. The van der Waals surface area contributed by atoms with Crippen molar-refractivity contribution >= 4 is 38.4 Å². The molecule has 0 spiro atoms. The van der Waals surface area contributed by atoms with E-state index in [4.69, 9.17) is 16.0 Å². The maximum Gasteiger partial charge on any atom is 0.262 e. The minimum atomic E-state index is -3.73. The molecule has 0 radical (unpaired) electrons. The van der Waals surface area contributed by atoms with Gasteiger partial charge in [-0.15, -0.1) is 0 Å². The van der Waals surface area contributed by atoms with Gasteiger partial charge in [0.15, 0.2) is 12.0 Å².